The molecule has 46 heavy (non-hydrogen) atoms. The van der Waals surface area contributed by atoms with Crippen molar-refractivity contribution in [3.8, 4) is 16.9 Å². The van der Waals surface area contributed by atoms with Crippen LogP contribution in [0.2, 0.25) is 0 Å². The van der Waals surface area contributed by atoms with Crippen molar-refractivity contribution in [3.05, 3.63) is 106 Å². The van der Waals surface area contributed by atoms with E-state index in [-0.39, 0.29) is 18.2 Å². The minimum absolute atomic E-state index is 0.160. The molecule has 1 fully saturated rings. The zero-order valence-electron chi connectivity index (χ0n) is 27.3. The Kier molecular flexibility index (Phi) is 11.0. The van der Waals surface area contributed by atoms with E-state index in [1.165, 1.54) is 6.42 Å². The van der Waals surface area contributed by atoms with Gasteiger partial charge in [-0.15, -0.1) is 11.3 Å². The van der Waals surface area contributed by atoms with Crippen LogP contribution in [-0.4, -0.2) is 40.7 Å². The number of anilines is 1. The Labute approximate surface area is 277 Å². The predicted octanol–water partition coefficient (Wildman–Crippen LogP) is 9.73. The summed E-state index contributed by atoms with van der Waals surface area (Å²) in [6, 6.07) is 28.3. The number of carbonyl (C=O) groups is 2. The molecular weight excluding hydrogens is 595 g/mol. The van der Waals surface area contributed by atoms with Gasteiger partial charge in [0.05, 0.1) is 13.7 Å². The van der Waals surface area contributed by atoms with Crippen LogP contribution in [0.1, 0.15) is 68.9 Å². The van der Waals surface area contributed by atoms with Crippen LogP contribution < -0.4 is 10.1 Å². The van der Waals surface area contributed by atoms with Gasteiger partial charge >= 0.3 is 12.1 Å². The number of methoxy groups -OCH3 is 1. The van der Waals surface area contributed by atoms with E-state index in [1.807, 2.05) is 72.3 Å². The number of nitrogens with zero attached hydrogens (tertiary/aromatic N) is 2. The molecule has 1 aliphatic rings. The third-order valence-electron chi connectivity index (χ3n) is 8.17. The fourth-order valence-electron chi connectivity index (χ4n) is 5.75. The number of amides is 3. The Morgan fingerprint density at radius 1 is 0.804 bits per heavy atom. The van der Waals surface area contributed by atoms with Crippen LogP contribution in [0.4, 0.5) is 15.3 Å². The highest BCUT2D eigenvalue weighted by Gasteiger charge is 2.29. The van der Waals surface area contributed by atoms with Crippen molar-refractivity contribution in [2.45, 2.75) is 84.2 Å². The van der Waals surface area contributed by atoms with Crippen LogP contribution in [0.3, 0.4) is 0 Å². The molecule has 7 nitrogen and oxygen atoms in total. The molecule has 1 N–H and O–H groups in total. The lowest BCUT2D eigenvalue weighted by Gasteiger charge is -2.35. The second-order valence-corrected chi connectivity index (χ2v) is 13.9. The van der Waals surface area contributed by atoms with Gasteiger partial charge in [0.2, 0.25) is 0 Å². The molecule has 0 saturated heterocycles. The fourth-order valence-corrected chi connectivity index (χ4v) is 6.46. The van der Waals surface area contributed by atoms with Crippen molar-refractivity contribution in [3.63, 3.8) is 0 Å². The number of urea groups is 1. The lowest BCUT2D eigenvalue weighted by atomic mass is 9.94. The first-order valence-corrected chi connectivity index (χ1v) is 16.9. The Balaban J connectivity index is 1.25. The van der Waals surface area contributed by atoms with E-state index >= 15 is 0 Å². The maximum Gasteiger partial charge on any atom is 0.410 e. The van der Waals surface area contributed by atoms with Crippen molar-refractivity contribution >= 4 is 29.1 Å². The van der Waals surface area contributed by atoms with Crippen LogP contribution in [0, 0.1) is 0 Å². The third kappa shape index (κ3) is 9.36. The standard InChI is InChI=1S/C38H45N3O4S/c1-38(2,3)45-37(43)41(33-9-6-5-7-10-33)26-29-14-18-31(19-15-29)30-16-12-28(13-17-30)25-40(27-35-11-8-24-46-35)36(42)39-32-20-22-34(44-4)23-21-32/h8,11-24,33H,5-7,9-10,25-27H2,1-4H3,(H,39,42). The Morgan fingerprint density at radius 2 is 1.41 bits per heavy atom. The minimum Gasteiger partial charge on any atom is -0.497 e. The summed E-state index contributed by atoms with van der Waals surface area (Å²) in [4.78, 5) is 31.4. The number of benzene rings is 3. The zero-order chi connectivity index (χ0) is 32.5. The number of ether oxygens (including phenoxy) is 2. The van der Waals surface area contributed by atoms with Crippen molar-refractivity contribution in [2.75, 3.05) is 12.4 Å². The summed E-state index contributed by atoms with van der Waals surface area (Å²) in [5.41, 5.74) is 4.52. The molecule has 242 valence electrons. The first kappa shape index (κ1) is 33.1. The SMILES string of the molecule is COc1ccc(NC(=O)N(Cc2ccc(-c3ccc(CN(C(=O)OC(C)(C)C)C4CCCCC4)cc3)cc2)Cc2cccs2)cc1. The molecule has 3 amide bonds. The molecular formula is C38H45N3O4S. The van der Waals surface area contributed by atoms with Crippen molar-refractivity contribution < 1.29 is 19.1 Å². The van der Waals surface area contributed by atoms with Gasteiger partial charge in [0, 0.05) is 29.7 Å². The molecule has 0 atom stereocenters. The Bertz CT molecular complexity index is 1540. The number of hydrogen-bond acceptors (Lipinski definition) is 5. The Morgan fingerprint density at radius 3 is 1.96 bits per heavy atom. The Hall–Kier alpha value is -4.30. The average Bonchev–Trinajstić information content (AvgIpc) is 3.57. The molecule has 0 aliphatic heterocycles. The molecule has 1 saturated carbocycles. The van der Waals surface area contributed by atoms with Gasteiger partial charge in [0.25, 0.3) is 0 Å². The van der Waals surface area contributed by atoms with Crippen LogP contribution >= 0.6 is 11.3 Å². The normalized spacial score (nSPS) is 13.6. The van der Waals surface area contributed by atoms with Crippen molar-refractivity contribution in [1.82, 2.24) is 9.80 Å². The van der Waals surface area contributed by atoms with E-state index in [2.05, 4.69) is 53.8 Å². The van der Waals surface area contributed by atoms with E-state index in [0.717, 1.165) is 58.6 Å². The summed E-state index contributed by atoms with van der Waals surface area (Å²) in [6.07, 6.45) is 5.35. The van der Waals surface area contributed by atoms with Gasteiger partial charge in [-0.1, -0.05) is 73.9 Å². The smallest absolute Gasteiger partial charge is 0.410 e. The topological polar surface area (TPSA) is 71.1 Å². The highest BCUT2D eigenvalue weighted by molar-refractivity contribution is 7.09. The maximum absolute atomic E-state index is 13.4. The number of thiophene rings is 1. The second-order valence-electron chi connectivity index (χ2n) is 12.9. The van der Waals surface area contributed by atoms with E-state index in [9.17, 15) is 9.59 Å². The first-order chi connectivity index (χ1) is 22.2. The number of carbonyl (C=O) groups excluding carboxylic acids is 2. The lowest BCUT2D eigenvalue weighted by molar-refractivity contribution is 0.00988. The molecule has 1 aliphatic carbocycles. The molecule has 8 heteroatoms. The van der Waals surface area contributed by atoms with Crippen molar-refractivity contribution in [2.24, 2.45) is 0 Å². The molecule has 0 spiro atoms. The van der Waals surface area contributed by atoms with Gasteiger partial charge in [-0.3, -0.25) is 0 Å². The van der Waals surface area contributed by atoms with Crippen LogP contribution in [0.25, 0.3) is 11.1 Å². The van der Waals surface area contributed by atoms with Gasteiger partial charge in [0.1, 0.15) is 11.4 Å². The van der Waals surface area contributed by atoms with Gasteiger partial charge < -0.3 is 24.6 Å². The lowest BCUT2D eigenvalue weighted by Crippen LogP contribution is -2.43. The second kappa shape index (κ2) is 15.3. The first-order valence-electron chi connectivity index (χ1n) is 16.1. The van der Waals surface area contributed by atoms with Gasteiger partial charge in [0.15, 0.2) is 0 Å². The quantitative estimate of drug-likeness (QED) is 0.188. The molecule has 4 aromatic rings. The maximum atomic E-state index is 13.4. The molecule has 0 bridgehead atoms. The summed E-state index contributed by atoms with van der Waals surface area (Å²) in [7, 11) is 1.62. The van der Waals surface area contributed by atoms with Gasteiger partial charge in [-0.25, -0.2) is 9.59 Å². The van der Waals surface area contributed by atoms with E-state index in [0.29, 0.717) is 25.3 Å². The van der Waals surface area contributed by atoms with Crippen LogP contribution in [0.15, 0.2) is 90.3 Å². The fraction of sp³-hybridized carbons (Fsp3) is 0.368. The third-order valence-corrected chi connectivity index (χ3v) is 9.03. The van der Waals surface area contributed by atoms with E-state index in [1.54, 1.807) is 18.4 Å². The largest absolute Gasteiger partial charge is 0.497 e. The molecule has 1 aromatic heterocycles. The van der Waals surface area contributed by atoms with Gasteiger partial charge in [-0.05, 0) is 91.6 Å². The zero-order valence-corrected chi connectivity index (χ0v) is 28.1. The molecule has 5 rings (SSSR count). The van der Waals surface area contributed by atoms with E-state index in [4.69, 9.17) is 9.47 Å². The highest BCUT2D eigenvalue weighted by Crippen LogP contribution is 2.28. The number of nitrogens with one attached hydrogen (secondary N) is 1. The highest BCUT2D eigenvalue weighted by atomic mass is 32.1. The summed E-state index contributed by atoms with van der Waals surface area (Å²) >= 11 is 1.64. The summed E-state index contributed by atoms with van der Waals surface area (Å²) < 4.78 is 11.0. The molecule has 0 radical (unpaired) electrons. The van der Waals surface area contributed by atoms with Crippen LogP contribution in [-0.2, 0) is 24.4 Å². The average molecular weight is 640 g/mol. The minimum atomic E-state index is -0.526. The summed E-state index contributed by atoms with van der Waals surface area (Å²) in [6.45, 7) is 7.29. The molecule has 0 unspecified atom stereocenters. The van der Waals surface area contributed by atoms with Crippen LogP contribution in [0.5, 0.6) is 5.75 Å². The number of rotatable bonds is 10. The summed E-state index contributed by atoms with van der Waals surface area (Å²) in [5, 5.41) is 5.05. The van der Waals surface area contributed by atoms with Crippen molar-refractivity contribution in [1.29, 1.82) is 0 Å². The molecule has 3 aromatic carbocycles. The molecule has 1 heterocycles. The summed E-state index contributed by atoms with van der Waals surface area (Å²) in [5.74, 6) is 0.741. The number of hydrogen-bond donors (Lipinski definition) is 1. The van der Waals surface area contributed by atoms with E-state index < -0.39 is 5.60 Å². The predicted molar refractivity (Wildman–Crippen MR) is 186 cm³/mol. The van der Waals surface area contributed by atoms with Gasteiger partial charge in [-0.2, -0.15) is 0 Å². The monoisotopic (exact) mass is 639 g/mol.